The first kappa shape index (κ1) is 12.8. The molecule has 98 valence electrons. The van der Waals surface area contributed by atoms with Gasteiger partial charge in [-0.2, -0.15) is 0 Å². The number of hydrogen-bond acceptors (Lipinski definition) is 3. The van der Waals surface area contributed by atoms with Gasteiger partial charge in [0, 0.05) is 19.3 Å². The Morgan fingerprint density at radius 3 is 2.76 bits per heavy atom. The molecule has 2 fully saturated rings. The van der Waals surface area contributed by atoms with Crippen molar-refractivity contribution < 1.29 is 9.53 Å². The summed E-state index contributed by atoms with van der Waals surface area (Å²) in [5, 5.41) is 6.22. The minimum Gasteiger partial charge on any atom is -0.381 e. The molecule has 0 spiro atoms. The van der Waals surface area contributed by atoms with E-state index in [1.54, 1.807) is 0 Å². The minimum atomic E-state index is -0.0842. The Morgan fingerprint density at radius 1 is 1.35 bits per heavy atom. The molecular formula is C13H24N2O2. The van der Waals surface area contributed by atoms with Crippen LogP contribution in [0.2, 0.25) is 0 Å². The number of carbonyl (C=O) groups excluding carboxylic acids is 1. The van der Waals surface area contributed by atoms with E-state index in [4.69, 9.17) is 4.74 Å². The third-order valence-electron chi connectivity index (χ3n) is 3.28. The summed E-state index contributed by atoms with van der Waals surface area (Å²) in [6, 6.07) is 0.368. The molecule has 1 unspecified atom stereocenters. The predicted molar refractivity (Wildman–Crippen MR) is 66.8 cm³/mol. The van der Waals surface area contributed by atoms with E-state index in [0.717, 1.165) is 44.9 Å². The molecule has 0 aliphatic heterocycles. The summed E-state index contributed by atoms with van der Waals surface area (Å²) in [6.07, 6.45) is 5.96. The smallest absolute Gasteiger partial charge is 0.237 e. The Balaban J connectivity index is 1.41. The van der Waals surface area contributed by atoms with Crippen LogP contribution in [-0.2, 0) is 9.53 Å². The van der Waals surface area contributed by atoms with Gasteiger partial charge in [-0.05, 0) is 51.5 Å². The second-order valence-corrected chi connectivity index (χ2v) is 5.33. The van der Waals surface area contributed by atoms with Crippen LogP contribution in [0.5, 0.6) is 0 Å². The van der Waals surface area contributed by atoms with E-state index in [-0.39, 0.29) is 11.9 Å². The van der Waals surface area contributed by atoms with E-state index in [9.17, 15) is 4.79 Å². The van der Waals surface area contributed by atoms with E-state index in [2.05, 4.69) is 10.6 Å². The van der Waals surface area contributed by atoms with Gasteiger partial charge < -0.3 is 15.4 Å². The summed E-state index contributed by atoms with van der Waals surface area (Å²) in [5.74, 6) is 0.970. The fourth-order valence-corrected chi connectivity index (χ4v) is 1.67. The average Bonchev–Trinajstić information content (AvgIpc) is 3.16. The second kappa shape index (κ2) is 6.36. The molecule has 2 N–H and O–H groups in total. The average molecular weight is 240 g/mol. The number of carbonyl (C=O) groups is 1. The molecule has 2 aliphatic carbocycles. The van der Waals surface area contributed by atoms with Crippen LogP contribution in [0.3, 0.4) is 0 Å². The molecule has 2 rings (SSSR count). The molecule has 0 saturated heterocycles. The SMILES string of the molecule is CC(NCCCOCC1CC1)C(=O)NC1CC1. The monoisotopic (exact) mass is 240 g/mol. The first-order valence-electron chi connectivity index (χ1n) is 6.87. The van der Waals surface area contributed by atoms with E-state index >= 15 is 0 Å². The second-order valence-electron chi connectivity index (χ2n) is 5.33. The van der Waals surface area contributed by atoms with Crippen molar-refractivity contribution >= 4 is 5.91 Å². The van der Waals surface area contributed by atoms with Crippen molar-refractivity contribution in [3.8, 4) is 0 Å². The molecule has 1 amide bonds. The summed E-state index contributed by atoms with van der Waals surface area (Å²) in [7, 11) is 0. The fraction of sp³-hybridized carbons (Fsp3) is 0.923. The zero-order valence-corrected chi connectivity index (χ0v) is 10.7. The molecule has 4 heteroatoms. The van der Waals surface area contributed by atoms with Gasteiger partial charge in [0.2, 0.25) is 5.91 Å². The molecule has 0 bridgehead atoms. The summed E-state index contributed by atoms with van der Waals surface area (Å²) in [5.41, 5.74) is 0. The van der Waals surface area contributed by atoms with Crippen molar-refractivity contribution in [2.75, 3.05) is 19.8 Å². The molecule has 2 saturated carbocycles. The summed E-state index contributed by atoms with van der Waals surface area (Å²) in [6.45, 7) is 4.50. The summed E-state index contributed by atoms with van der Waals surface area (Å²) in [4.78, 5) is 11.6. The van der Waals surface area contributed by atoms with Crippen LogP contribution in [-0.4, -0.2) is 37.7 Å². The van der Waals surface area contributed by atoms with Crippen molar-refractivity contribution in [1.82, 2.24) is 10.6 Å². The lowest BCUT2D eigenvalue weighted by Crippen LogP contribution is -2.43. The molecule has 17 heavy (non-hydrogen) atoms. The van der Waals surface area contributed by atoms with Gasteiger partial charge in [-0.25, -0.2) is 0 Å². The van der Waals surface area contributed by atoms with Crippen LogP contribution in [0.25, 0.3) is 0 Å². The molecule has 2 aliphatic rings. The zero-order valence-electron chi connectivity index (χ0n) is 10.7. The van der Waals surface area contributed by atoms with Crippen LogP contribution in [0.15, 0.2) is 0 Å². The third kappa shape index (κ3) is 5.50. The Morgan fingerprint density at radius 2 is 2.12 bits per heavy atom. The highest BCUT2D eigenvalue weighted by Gasteiger charge is 2.25. The third-order valence-corrected chi connectivity index (χ3v) is 3.28. The molecule has 0 heterocycles. The normalized spacial score (nSPS) is 21.2. The highest BCUT2D eigenvalue weighted by atomic mass is 16.5. The first-order valence-corrected chi connectivity index (χ1v) is 6.87. The van der Waals surface area contributed by atoms with E-state index < -0.39 is 0 Å². The standard InChI is InChI=1S/C13H24N2O2/c1-10(13(16)15-12-5-6-12)14-7-2-8-17-9-11-3-4-11/h10-12,14H,2-9H2,1H3,(H,15,16). The van der Waals surface area contributed by atoms with Crippen molar-refractivity contribution in [1.29, 1.82) is 0 Å². The van der Waals surface area contributed by atoms with Gasteiger partial charge in [0.25, 0.3) is 0 Å². The molecule has 0 aromatic rings. The lowest BCUT2D eigenvalue weighted by atomic mass is 10.3. The van der Waals surface area contributed by atoms with Crippen molar-refractivity contribution in [2.45, 2.75) is 51.1 Å². The van der Waals surface area contributed by atoms with Gasteiger partial charge in [0.1, 0.15) is 0 Å². The fourth-order valence-electron chi connectivity index (χ4n) is 1.67. The molecule has 0 aromatic heterocycles. The van der Waals surface area contributed by atoms with Gasteiger partial charge in [-0.3, -0.25) is 4.79 Å². The van der Waals surface area contributed by atoms with Gasteiger partial charge in [-0.15, -0.1) is 0 Å². The Labute approximate surface area is 103 Å². The van der Waals surface area contributed by atoms with Gasteiger partial charge >= 0.3 is 0 Å². The molecule has 0 aromatic carbocycles. The van der Waals surface area contributed by atoms with E-state index in [1.807, 2.05) is 6.92 Å². The molecule has 0 radical (unpaired) electrons. The van der Waals surface area contributed by atoms with Crippen molar-refractivity contribution in [3.05, 3.63) is 0 Å². The highest BCUT2D eigenvalue weighted by molar-refractivity contribution is 5.81. The number of rotatable bonds is 9. The predicted octanol–water partition coefficient (Wildman–Crippen LogP) is 1.06. The maximum absolute atomic E-state index is 11.6. The van der Waals surface area contributed by atoms with Gasteiger partial charge in [0.05, 0.1) is 6.04 Å². The van der Waals surface area contributed by atoms with E-state index in [0.29, 0.717) is 6.04 Å². The lowest BCUT2D eigenvalue weighted by molar-refractivity contribution is -0.122. The van der Waals surface area contributed by atoms with E-state index in [1.165, 1.54) is 12.8 Å². The number of hydrogen-bond donors (Lipinski definition) is 2. The van der Waals surface area contributed by atoms with Gasteiger partial charge in [0.15, 0.2) is 0 Å². The van der Waals surface area contributed by atoms with Crippen molar-refractivity contribution in [2.24, 2.45) is 5.92 Å². The van der Waals surface area contributed by atoms with Gasteiger partial charge in [-0.1, -0.05) is 0 Å². The molecule has 4 nitrogen and oxygen atoms in total. The summed E-state index contributed by atoms with van der Waals surface area (Å²) >= 11 is 0. The zero-order chi connectivity index (χ0) is 12.1. The van der Waals surface area contributed by atoms with Crippen LogP contribution < -0.4 is 10.6 Å². The van der Waals surface area contributed by atoms with Crippen LogP contribution in [0.4, 0.5) is 0 Å². The first-order chi connectivity index (χ1) is 8.25. The Bertz CT molecular complexity index is 250. The molecule has 1 atom stereocenters. The van der Waals surface area contributed by atoms with Crippen molar-refractivity contribution in [3.63, 3.8) is 0 Å². The number of nitrogens with one attached hydrogen (secondary N) is 2. The van der Waals surface area contributed by atoms with Crippen LogP contribution in [0.1, 0.15) is 39.0 Å². The number of ether oxygens (including phenoxy) is 1. The maximum atomic E-state index is 11.6. The maximum Gasteiger partial charge on any atom is 0.237 e. The topological polar surface area (TPSA) is 50.4 Å². The highest BCUT2D eigenvalue weighted by Crippen LogP contribution is 2.28. The lowest BCUT2D eigenvalue weighted by Gasteiger charge is -2.13. The Hall–Kier alpha value is -0.610. The number of amides is 1. The molecular weight excluding hydrogens is 216 g/mol. The summed E-state index contributed by atoms with van der Waals surface area (Å²) < 4.78 is 5.53. The quantitative estimate of drug-likeness (QED) is 0.593. The minimum absolute atomic E-state index is 0.0842. The van der Waals surface area contributed by atoms with Crippen LogP contribution in [0, 0.1) is 5.92 Å². The largest absolute Gasteiger partial charge is 0.381 e. The van der Waals surface area contributed by atoms with Crippen LogP contribution >= 0.6 is 0 Å². The Kier molecular flexibility index (Phi) is 4.80.